The van der Waals surface area contributed by atoms with E-state index < -0.39 is 23.6 Å². The van der Waals surface area contributed by atoms with Crippen LogP contribution in [0.3, 0.4) is 0 Å². The van der Waals surface area contributed by atoms with Crippen LogP contribution in [0.5, 0.6) is 0 Å². The first kappa shape index (κ1) is 18.1. The fourth-order valence-electron chi connectivity index (χ4n) is 2.09. The molecule has 0 aromatic heterocycles. The summed E-state index contributed by atoms with van der Waals surface area (Å²) in [5.74, 6) is -1.90. The van der Waals surface area contributed by atoms with Crippen LogP contribution in [0.1, 0.15) is 23.7 Å². The second-order valence-corrected chi connectivity index (χ2v) is 5.00. The van der Waals surface area contributed by atoms with Crippen LogP contribution in [0.4, 0.5) is 4.39 Å². The van der Waals surface area contributed by atoms with E-state index in [1.807, 2.05) is 0 Å². The third-order valence-corrected chi connectivity index (χ3v) is 3.27. The number of amides is 1. The molecule has 1 unspecified atom stereocenters. The summed E-state index contributed by atoms with van der Waals surface area (Å²) in [4.78, 5) is 25.5. The molecule has 0 fully saturated rings. The molecule has 1 amide bonds. The van der Waals surface area contributed by atoms with Gasteiger partial charge in [0.15, 0.2) is 0 Å². The Hall–Kier alpha value is -1.95. The molecule has 0 aliphatic heterocycles. The molecule has 0 saturated heterocycles. The number of benzene rings is 1. The predicted molar refractivity (Wildman–Crippen MR) is 80.0 cm³/mol. The van der Waals surface area contributed by atoms with Gasteiger partial charge in [-0.05, 0) is 18.6 Å². The van der Waals surface area contributed by atoms with Crippen molar-refractivity contribution in [2.75, 3.05) is 33.9 Å². The van der Waals surface area contributed by atoms with Crippen molar-refractivity contribution in [2.24, 2.45) is 5.92 Å². The minimum atomic E-state index is -0.574. The standard InChI is InChI=1S/C16H22FNO4/c1-12(16(20)22-3)11-18(9-6-10-21-2)15(19)13-7-4-5-8-14(13)17/h4-5,7-8,12H,6,9-11H2,1-3H3. The summed E-state index contributed by atoms with van der Waals surface area (Å²) in [6, 6.07) is 5.81. The molecule has 0 radical (unpaired) electrons. The zero-order valence-electron chi connectivity index (χ0n) is 13.2. The Morgan fingerprint density at radius 3 is 2.55 bits per heavy atom. The number of methoxy groups -OCH3 is 2. The van der Waals surface area contributed by atoms with Crippen molar-refractivity contribution >= 4 is 11.9 Å². The van der Waals surface area contributed by atoms with E-state index in [9.17, 15) is 14.0 Å². The van der Waals surface area contributed by atoms with E-state index >= 15 is 0 Å². The van der Waals surface area contributed by atoms with Crippen LogP contribution in [0, 0.1) is 11.7 Å². The maximum atomic E-state index is 13.8. The van der Waals surface area contributed by atoms with Gasteiger partial charge in [-0.1, -0.05) is 19.1 Å². The zero-order chi connectivity index (χ0) is 16.5. The van der Waals surface area contributed by atoms with Gasteiger partial charge in [0.25, 0.3) is 5.91 Å². The normalized spacial score (nSPS) is 11.8. The third kappa shape index (κ3) is 5.11. The number of hydrogen-bond donors (Lipinski definition) is 0. The third-order valence-electron chi connectivity index (χ3n) is 3.27. The monoisotopic (exact) mass is 311 g/mol. The van der Waals surface area contributed by atoms with Crippen molar-refractivity contribution in [3.63, 3.8) is 0 Å². The average molecular weight is 311 g/mol. The number of carbonyl (C=O) groups excluding carboxylic acids is 2. The lowest BCUT2D eigenvalue weighted by atomic mass is 10.1. The second kappa shape index (κ2) is 9.15. The summed E-state index contributed by atoms with van der Waals surface area (Å²) in [5, 5.41) is 0. The van der Waals surface area contributed by atoms with Gasteiger partial charge in [0.2, 0.25) is 0 Å². The molecule has 1 aromatic carbocycles. The molecule has 0 aliphatic rings. The zero-order valence-corrected chi connectivity index (χ0v) is 13.2. The van der Waals surface area contributed by atoms with Crippen molar-refractivity contribution in [2.45, 2.75) is 13.3 Å². The van der Waals surface area contributed by atoms with Gasteiger partial charge < -0.3 is 14.4 Å². The molecule has 1 aromatic rings. The molecule has 0 N–H and O–H groups in total. The fourth-order valence-corrected chi connectivity index (χ4v) is 2.09. The van der Waals surface area contributed by atoms with Crippen molar-refractivity contribution in [3.8, 4) is 0 Å². The second-order valence-electron chi connectivity index (χ2n) is 5.00. The molecule has 0 spiro atoms. The molecule has 5 nitrogen and oxygen atoms in total. The van der Waals surface area contributed by atoms with E-state index in [2.05, 4.69) is 4.74 Å². The quantitative estimate of drug-likeness (QED) is 0.545. The highest BCUT2D eigenvalue weighted by atomic mass is 19.1. The smallest absolute Gasteiger partial charge is 0.310 e. The Morgan fingerprint density at radius 1 is 1.27 bits per heavy atom. The number of hydrogen-bond acceptors (Lipinski definition) is 4. The minimum Gasteiger partial charge on any atom is -0.469 e. The first-order chi connectivity index (χ1) is 10.5. The molecule has 0 saturated carbocycles. The lowest BCUT2D eigenvalue weighted by Gasteiger charge is -2.25. The summed E-state index contributed by atoms with van der Waals surface area (Å²) in [6.45, 7) is 2.70. The lowest BCUT2D eigenvalue weighted by molar-refractivity contribution is -0.145. The Morgan fingerprint density at radius 2 is 1.95 bits per heavy atom. The Kier molecular flexibility index (Phi) is 7.52. The summed E-state index contributed by atoms with van der Waals surface area (Å²) >= 11 is 0. The van der Waals surface area contributed by atoms with Crippen LogP contribution in [0.25, 0.3) is 0 Å². The molecule has 122 valence electrons. The van der Waals surface area contributed by atoms with Crippen molar-refractivity contribution in [1.29, 1.82) is 0 Å². The van der Waals surface area contributed by atoms with Gasteiger partial charge >= 0.3 is 5.97 Å². The number of ether oxygens (including phenoxy) is 2. The number of esters is 1. The van der Waals surface area contributed by atoms with E-state index in [-0.39, 0.29) is 12.1 Å². The molecule has 1 rings (SSSR count). The highest BCUT2D eigenvalue weighted by Gasteiger charge is 2.23. The first-order valence-electron chi connectivity index (χ1n) is 7.11. The van der Waals surface area contributed by atoms with Crippen LogP contribution in [-0.2, 0) is 14.3 Å². The number of rotatable bonds is 8. The molecule has 22 heavy (non-hydrogen) atoms. The van der Waals surface area contributed by atoms with Crippen LogP contribution < -0.4 is 0 Å². The van der Waals surface area contributed by atoms with Crippen molar-refractivity contribution in [3.05, 3.63) is 35.6 Å². The average Bonchev–Trinajstić information content (AvgIpc) is 2.53. The van der Waals surface area contributed by atoms with Crippen molar-refractivity contribution < 1.29 is 23.5 Å². The Balaban J connectivity index is 2.86. The van der Waals surface area contributed by atoms with E-state index in [0.29, 0.717) is 19.6 Å². The lowest BCUT2D eigenvalue weighted by Crippen LogP contribution is -2.38. The SMILES string of the molecule is COCCCN(CC(C)C(=O)OC)C(=O)c1ccccc1F. The number of carbonyl (C=O) groups is 2. The van der Waals surface area contributed by atoms with Crippen LogP contribution in [0.15, 0.2) is 24.3 Å². The van der Waals surface area contributed by atoms with E-state index in [0.717, 1.165) is 0 Å². The van der Waals surface area contributed by atoms with E-state index in [4.69, 9.17) is 4.74 Å². The Bertz CT molecular complexity index is 507. The summed E-state index contributed by atoms with van der Waals surface area (Å²) < 4.78 is 23.4. The van der Waals surface area contributed by atoms with Crippen LogP contribution >= 0.6 is 0 Å². The van der Waals surface area contributed by atoms with Gasteiger partial charge in [-0.25, -0.2) is 4.39 Å². The minimum absolute atomic E-state index is 0.00279. The van der Waals surface area contributed by atoms with Gasteiger partial charge in [-0.3, -0.25) is 9.59 Å². The topological polar surface area (TPSA) is 55.8 Å². The molecular formula is C16H22FNO4. The first-order valence-corrected chi connectivity index (χ1v) is 7.11. The largest absolute Gasteiger partial charge is 0.469 e. The van der Waals surface area contributed by atoms with E-state index in [1.165, 1.54) is 30.2 Å². The maximum Gasteiger partial charge on any atom is 0.310 e. The highest BCUT2D eigenvalue weighted by molar-refractivity contribution is 5.94. The van der Waals surface area contributed by atoms with Gasteiger partial charge in [0.05, 0.1) is 18.6 Å². The highest BCUT2D eigenvalue weighted by Crippen LogP contribution is 2.13. The summed E-state index contributed by atoms with van der Waals surface area (Å²) in [6.07, 6.45) is 0.602. The van der Waals surface area contributed by atoms with Gasteiger partial charge in [0, 0.05) is 26.8 Å². The molecule has 1 atom stereocenters. The predicted octanol–water partition coefficient (Wildman–Crippen LogP) is 2.11. The number of halogens is 1. The van der Waals surface area contributed by atoms with E-state index in [1.54, 1.807) is 20.1 Å². The van der Waals surface area contributed by atoms with Gasteiger partial charge in [-0.15, -0.1) is 0 Å². The van der Waals surface area contributed by atoms with Gasteiger partial charge in [-0.2, -0.15) is 0 Å². The van der Waals surface area contributed by atoms with Crippen molar-refractivity contribution in [1.82, 2.24) is 4.90 Å². The molecule has 0 bridgehead atoms. The maximum absolute atomic E-state index is 13.8. The Labute approximate surface area is 130 Å². The van der Waals surface area contributed by atoms with Crippen LogP contribution in [0.2, 0.25) is 0 Å². The molecule has 0 aliphatic carbocycles. The van der Waals surface area contributed by atoms with Crippen LogP contribution in [-0.4, -0.2) is 50.7 Å². The summed E-state index contributed by atoms with van der Waals surface area (Å²) in [7, 11) is 2.87. The van der Waals surface area contributed by atoms with Gasteiger partial charge in [0.1, 0.15) is 5.82 Å². The summed E-state index contributed by atoms with van der Waals surface area (Å²) in [5.41, 5.74) is -0.00279. The molecule has 6 heteroatoms. The molecular weight excluding hydrogens is 289 g/mol. The molecule has 0 heterocycles. The number of nitrogens with zero attached hydrogens (tertiary/aromatic N) is 1. The fraction of sp³-hybridized carbons (Fsp3) is 0.500.